The van der Waals surface area contributed by atoms with Crippen LogP contribution < -0.4 is 5.32 Å². The van der Waals surface area contributed by atoms with Crippen LogP contribution in [0.4, 0.5) is 13.2 Å². The predicted octanol–water partition coefficient (Wildman–Crippen LogP) is 1.80. The molecule has 3 nitrogen and oxygen atoms in total. The van der Waals surface area contributed by atoms with Crippen LogP contribution in [0.25, 0.3) is 0 Å². The zero-order chi connectivity index (χ0) is 14.6. The number of hydrogen-bond acceptors (Lipinski definition) is 3. The standard InChI is InChI=1S/C14H26F3N3/c1-19-6-2-12(3-7-19)4-8-20-9-5-18-10-13(11-20)14(15,16)17/h12-13,18H,2-11H2,1H3. The van der Waals surface area contributed by atoms with Crippen molar-refractivity contribution in [3.05, 3.63) is 0 Å². The highest BCUT2D eigenvalue weighted by molar-refractivity contribution is 4.80. The summed E-state index contributed by atoms with van der Waals surface area (Å²) < 4.78 is 38.6. The minimum absolute atomic E-state index is 0.0637. The van der Waals surface area contributed by atoms with Gasteiger partial charge in [0.05, 0.1) is 5.92 Å². The monoisotopic (exact) mass is 293 g/mol. The third-order valence-electron chi connectivity index (χ3n) is 4.63. The van der Waals surface area contributed by atoms with Gasteiger partial charge in [-0.1, -0.05) is 0 Å². The maximum absolute atomic E-state index is 12.9. The lowest BCUT2D eigenvalue weighted by atomic mass is 9.93. The van der Waals surface area contributed by atoms with Crippen LogP contribution in [0.1, 0.15) is 19.3 Å². The molecule has 1 N–H and O–H groups in total. The van der Waals surface area contributed by atoms with Gasteiger partial charge in [0.15, 0.2) is 0 Å². The normalized spacial score (nSPS) is 28.5. The summed E-state index contributed by atoms with van der Waals surface area (Å²) in [7, 11) is 2.13. The van der Waals surface area contributed by atoms with Gasteiger partial charge >= 0.3 is 6.18 Å². The van der Waals surface area contributed by atoms with Crippen molar-refractivity contribution in [2.45, 2.75) is 25.4 Å². The molecule has 2 saturated heterocycles. The summed E-state index contributed by atoms with van der Waals surface area (Å²) in [4.78, 5) is 4.32. The third kappa shape index (κ3) is 4.90. The molecule has 2 fully saturated rings. The van der Waals surface area contributed by atoms with E-state index in [4.69, 9.17) is 0 Å². The largest absolute Gasteiger partial charge is 0.394 e. The molecule has 2 heterocycles. The summed E-state index contributed by atoms with van der Waals surface area (Å²) >= 11 is 0. The minimum atomic E-state index is -4.08. The van der Waals surface area contributed by atoms with Gasteiger partial charge in [-0.05, 0) is 51.9 Å². The summed E-state index contributed by atoms with van der Waals surface area (Å²) in [5.74, 6) is -0.533. The Hall–Kier alpha value is -0.330. The second-order valence-electron chi connectivity index (χ2n) is 6.28. The molecule has 0 aromatic heterocycles. The molecule has 2 aliphatic rings. The highest BCUT2D eigenvalue weighted by Crippen LogP contribution is 2.28. The van der Waals surface area contributed by atoms with E-state index in [1.165, 1.54) is 12.8 Å². The van der Waals surface area contributed by atoms with Gasteiger partial charge in [0.2, 0.25) is 0 Å². The number of hydrogen-bond donors (Lipinski definition) is 1. The lowest BCUT2D eigenvalue weighted by Crippen LogP contribution is -2.39. The van der Waals surface area contributed by atoms with Crippen LogP contribution in [0, 0.1) is 11.8 Å². The van der Waals surface area contributed by atoms with E-state index in [-0.39, 0.29) is 13.1 Å². The second kappa shape index (κ2) is 7.09. The van der Waals surface area contributed by atoms with Gasteiger partial charge < -0.3 is 15.1 Å². The molecule has 2 rings (SSSR count). The van der Waals surface area contributed by atoms with Crippen LogP contribution in [-0.4, -0.2) is 68.8 Å². The molecule has 0 bridgehead atoms. The fourth-order valence-electron chi connectivity index (χ4n) is 3.12. The number of halogens is 3. The van der Waals surface area contributed by atoms with Gasteiger partial charge in [-0.3, -0.25) is 0 Å². The van der Waals surface area contributed by atoms with Gasteiger partial charge in [-0.2, -0.15) is 13.2 Å². The number of alkyl halides is 3. The molecule has 20 heavy (non-hydrogen) atoms. The zero-order valence-electron chi connectivity index (χ0n) is 12.3. The summed E-state index contributed by atoms with van der Waals surface area (Å²) in [5.41, 5.74) is 0. The molecule has 2 aliphatic heterocycles. The van der Waals surface area contributed by atoms with Gasteiger partial charge in [0, 0.05) is 26.2 Å². The van der Waals surface area contributed by atoms with Crippen molar-refractivity contribution in [1.82, 2.24) is 15.1 Å². The maximum atomic E-state index is 12.9. The van der Waals surface area contributed by atoms with Gasteiger partial charge in [-0.15, -0.1) is 0 Å². The fraction of sp³-hybridized carbons (Fsp3) is 1.00. The Morgan fingerprint density at radius 1 is 1.15 bits per heavy atom. The molecule has 118 valence electrons. The van der Waals surface area contributed by atoms with Gasteiger partial charge in [0.1, 0.15) is 0 Å². The number of nitrogens with zero attached hydrogens (tertiary/aromatic N) is 2. The quantitative estimate of drug-likeness (QED) is 0.856. The third-order valence-corrected chi connectivity index (χ3v) is 4.63. The first kappa shape index (κ1) is 16.0. The average Bonchev–Trinajstić information content (AvgIpc) is 2.63. The molecule has 0 amide bonds. The van der Waals surface area contributed by atoms with Crippen molar-refractivity contribution >= 4 is 0 Å². The Labute approximate surface area is 119 Å². The first-order chi connectivity index (χ1) is 9.45. The number of likely N-dealkylation sites (tertiary alicyclic amines) is 1. The SMILES string of the molecule is CN1CCC(CCN2CCNCC(C(F)(F)F)C2)CC1. The maximum Gasteiger partial charge on any atom is 0.394 e. The number of rotatable bonds is 3. The zero-order valence-corrected chi connectivity index (χ0v) is 12.3. The Bertz CT molecular complexity index is 288. The molecule has 0 radical (unpaired) electrons. The Balaban J connectivity index is 1.76. The Morgan fingerprint density at radius 2 is 1.85 bits per heavy atom. The molecule has 0 aromatic rings. The molecule has 0 aliphatic carbocycles. The van der Waals surface area contributed by atoms with Crippen molar-refractivity contribution in [2.24, 2.45) is 11.8 Å². The average molecular weight is 293 g/mol. The summed E-state index contributed by atoms with van der Waals surface area (Å²) in [6.07, 6.45) is -0.669. The molecule has 6 heteroatoms. The lowest BCUT2D eigenvalue weighted by molar-refractivity contribution is -0.175. The molecule has 0 spiro atoms. The molecule has 1 atom stereocenters. The molecular weight excluding hydrogens is 267 g/mol. The highest BCUT2D eigenvalue weighted by Gasteiger charge is 2.40. The summed E-state index contributed by atoms with van der Waals surface area (Å²) in [6.45, 7) is 4.67. The first-order valence-corrected chi connectivity index (χ1v) is 7.63. The second-order valence-corrected chi connectivity index (χ2v) is 6.28. The fourth-order valence-corrected chi connectivity index (χ4v) is 3.12. The van der Waals surface area contributed by atoms with Crippen LogP contribution in [0.2, 0.25) is 0 Å². The Kier molecular flexibility index (Phi) is 5.69. The smallest absolute Gasteiger partial charge is 0.315 e. The van der Waals surface area contributed by atoms with E-state index in [0.29, 0.717) is 12.5 Å². The molecule has 1 unspecified atom stereocenters. The van der Waals surface area contributed by atoms with Gasteiger partial charge in [-0.25, -0.2) is 0 Å². The summed E-state index contributed by atoms with van der Waals surface area (Å²) in [5, 5.41) is 2.91. The van der Waals surface area contributed by atoms with Crippen LogP contribution in [0.3, 0.4) is 0 Å². The van der Waals surface area contributed by atoms with Crippen LogP contribution >= 0.6 is 0 Å². The van der Waals surface area contributed by atoms with E-state index >= 15 is 0 Å². The van der Waals surface area contributed by atoms with Crippen molar-refractivity contribution in [3.8, 4) is 0 Å². The van der Waals surface area contributed by atoms with Crippen molar-refractivity contribution < 1.29 is 13.2 Å². The van der Waals surface area contributed by atoms with Crippen LogP contribution in [0.15, 0.2) is 0 Å². The topological polar surface area (TPSA) is 18.5 Å². The first-order valence-electron chi connectivity index (χ1n) is 7.63. The van der Waals surface area contributed by atoms with E-state index in [2.05, 4.69) is 17.3 Å². The molecular formula is C14H26F3N3. The molecule has 0 saturated carbocycles. The van der Waals surface area contributed by atoms with Crippen LogP contribution in [0.5, 0.6) is 0 Å². The van der Waals surface area contributed by atoms with E-state index in [9.17, 15) is 13.2 Å². The minimum Gasteiger partial charge on any atom is -0.315 e. The number of nitrogens with one attached hydrogen (secondary N) is 1. The van der Waals surface area contributed by atoms with Crippen LogP contribution in [-0.2, 0) is 0 Å². The molecule has 0 aromatic carbocycles. The van der Waals surface area contributed by atoms with Gasteiger partial charge in [0.25, 0.3) is 0 Å². The van der Waals surface area contributed by atoms with E-state index in [1.54, 1.807) is 0 Å². The highest BCUT2D eigenvalue weighted by atomic mass is 19.4. The van der Waals surface area contributed by atoms with Crippen molar-refractivity contribution in [3.63, 3.8) is 0 Å². The Morgan fingerprint density at radius 3 is 2.50 bits per heavy atom. The van der Waals surface area contributed by atoms with Crippen molar-refractivity contribution in [1.29, 1.82) is 0 Å². The lowest BCUT2D eigenvalue weighted by Gasteiger charge is -2.31. The number of piperidine rings is 1. The van der Waals surface area contributed by atoms with E-state index < -0.39 is 12.1 Å². The van der Waals surface area contributed by atoms with E-state index in [1.807, 2.05) is 4.90 Å². The predicted molar refractivity (Wildman–Crippen MR) is 73.7 cm³/mol. The van der Waals surface area contributed by atoms with E-state index in [0.717, 1.165) is 32.6 Å². The van der Waals surface area contributed by atoms with Crippen molar-refractivity contribution in [2.75, 3.05) is 52.9 Å². The summed E-state index contributed by atoms with van der Waals surface area (Å²) in [6, 6.07) is 0.